The van der Waals surface area contributed by atoms with Crippen molar-refractivity contribution in [3.05, 3.63) is 71.8 Å². The van der Waals surface area contributed by atoms with Gasteiger partial charge in [0.2, 0.25) is 0 Å². The molecule has 1 aliphatic rings. The first-order chi connectivity index (χ1) is 11.3. The van der Waals surface area contributed by atoms with E-state index < -0.39 is 0 Å². The van der Waals surface area contributed by atoms with Crippen LogP contribution >= 0.6 is 0 Å². The van der Waals surface area contributed by atoms with Crippen LogP contribution in [-0.2, 0) is 0 Å². The summed E-state index contributed by atoms with van der Waals surface area (Å²) in [4.78, 5) is 0. The fraction of sp³-hybridized carbons (Fsp3) is 0.350. The molecule has 120 valence electrons. The number of quaternary nitrogens is 1. The largest absolute Gasteiger partial charge is 0.411 e. The standard InChI is InChI=1S/C20H24N2O/c1-2-9-17-19(22-23)14-18(15-10-5-3-6-11-15)21-20(17)16-12-7-4-8-13-16/h3-8,10-13,17-18,20-21,23H,2,9,14H2,1H3/p+1/t17-,18+,20+/m1/s1. The van der Waals surface area contributed by atoms with Crippen LogP contribution in [-0.4, -0.2) is 10.9 Å². The van der Waals surface area contributed by atoms with E-state index in [4.69, 9.17) is 0 Å². The number of rotatable bonds is 4. The van der Waals surface area contributed by atoms with Crippen LogP contribution in [0.5, 0.6) is 0 Å². The lowest BCUT2D eigenvalue weighted by molar-refractivity contribution is -0.742. The smallest absolute Gasteiger partial charge is 0.120 e. The summed E-state index contributed by atoms with van der Waals surface area (Å²) >= 11 is 0. The molecule has 1 saturated heterocycles. The van der Waals surface area contributed by atoms with Crippen LogP contribution in [0.25, 0.3) is 0 Å². The molecule has 3 rings (SSSR count). The number of nitrogens with two attached hydrogens (primary N) is 1. The number of benzene rings is 2. The van der Waals surface area contributed by atoms with E-state index in [1.165, 1.54) is 11.1 Å². The van der Waals surface area contributed by atoms with Gasteiger partial charge in [-0.05, 0) is 6.42 Å². The van der Waals surface area contributed by atoms with Crippen molar-refractivity contribution in [2.24, 2.45) is 11.1 Å². The van der Waals surface area contributed by atoms with Crippen molar-refractivity contribution < 1.29 is 10.5 Å². The Morgan fingerprint density at radius 3 is 2.17 bits per heavy atom. The first kappa shape index (κ1) is 15.8. The summed E-state index contributed by atoms with van der Waals surface area (Å²) in [7, 11) is 0. The van der Waals surface area contributed by atoms with E-state index in [2.05, 4.69) is 72.0 Å². The van der Waals surface area contributed by atoms with Crippen molar-refractivity contribution in [1.82, 2.24) is 0 Å². The van der Waals surface area contributed by atoms with Crippen LogP contribution in [0, 0.1) is 5.92 Å². The van der Waals surface area contributed by atoms with E-state index in [1.807, 2.05) is 6.07 Å². The van der Waals surface area contributed by atoms with Crippen molar-refractivity contribution in [2.75, 3.05) is 0 Å². The third kappa shape index (κ3) is 3.45. The van der Waals surface area contributed by atoms with E-state index in [0.717, 1.165) is 25.0 Å². The molecule has 3 atom stereocenters. The zero-order valence-electron chi connectivity index (χ0n) is 13.6. The molecule has 0 spiro atoms. The van der Waals surface area contributed by atoms with E-state index in [0.29, 0.717) is 18.0 Å². The van der Waals surface area contributed by atoms with Gasteiger partial charge in [0.1, 0.15) is 12.1 Å². The van der Waals surface area contributed by atoms with Gasteiger partial charge in [-0.2, -0.15) is 0 Å². The summed E-state index contributed by atoms with van der Waals surface area (Å²) in [5.74, 6) is 0.298. The Labute approximate surface area is 138 Å². The minimum absolute atomic E-state index is 0.298. The van der Waals surface area contributed by atoms with Crippen LogP contribution in [0.15, 0.2) is 65.8 Å². The van der Waals surface area contributed by atoms with E-state index in [9.17, 15) is 5.21 Å². The highest BCUT2D eigenvalue weighted by Crippen LogP contribution is 2.32. The van der Waals surface area contributed by atoms with Crippen LogP contribution in [0.4, 0.5) is 0 Å². The molecular weight excluding hydrogens is 284 g/mol. The Morgan fingerprint density at radius 2 is 1.61 bits per heavy atom. The lowest BCUT2D eigenvalue weighted by Crippen LogP contribution is -2.90. The number of oxime groups is 1. The molecule has 1 fully saturated rings. The van der Waals surface area contributed by atoms with E-state index in [1.54, 1.807) is 0 Å². The highest BCUT2D eigenvalue weighted by atomic mass is 16.4. The van der Waals surface area contributed by atoms with Crippen LogP contribution in [0.3, 0.4) is 0 Å². The summed E-state index contributed by atoms with van der Waals surface area (Å²) in [6, 6.07) is 21.8. The van der Waals surface area contributed by atoms with Crippen molar-refractivity contribution in [3.63, 3.8) is 0 Å². The molecule has 0 radical (unpaired) electrons. The Balaban J connectivity index is 1.95. The molecule has 3 heteroatoms. The molecule has 2 aromatic rings. The third-order valence-corrected chi connectivity index (χ3v) is 4.87. The molecule has 0 amide bonds. The predicted octanol–water partition coefficient (Wildman–Crippen LogP) is 3.68. The van der Waals surface area contributed by atoms with Gasteiger partial charge in [-0.25, -0.2) is 0 Å². The second-order valence-corrected chi connectivity index (χ2v) is 6.34. The minimum atomic E-state index is 0.298. The highest BCUT2D eigenvalue weighted by molar-refractivity contribution is 5.88. The van der Waals surface area contributed by atoms with Crippen molar-refractivity contribution in [2.45, 2.75) is 38.3 Å². The van der Waals surface area contributed by atoms with E-state index >= 15 is 0 Å². The molecule has 0 aliphatic carbocycles. The molecule has 0 unspecified atom stereocenters. The highest BCUT2D eigenvalue weighted by Gasteiger charge is 2.39. The van der Waals surface area contributed by atoms with Crippen LogP contribution in [0.1, 0.15) is 49.4 Å². The monoisotopic (exact) mass is 309 g/mol. The normalized spacial score (nSPS) is 26.3. The summed E-state index contributed by atoms with van der Waals surface area (Å²) < 4.78 is 0. The molecule has 1 aliphatic heterocycles. The van der Waals surface area contributed by atoms with Gasteiger partial charge in [0.05, 0.1) is 11.6 Å². The predicted molar refractivity (Wildman–Crippen MR) is 92.5 cm³/mol. The first-order valence-corrected chi connectivity index (χ1v) is 8.49. The lowest BCUT2D eigenvalue weighted by atomic mass is 9.78. The van der Waals surface area contributed by atoms with Gasteiger partial charge in [0.15, 0.2) is 0 Å². The summed E-state index contributed by atoms with van der Waals surface area (Å²) in [6.07, 6.45) is 2.96. The lowest BCUT2D eigenvalue weighted by Gasteiger charge is -2.35. The van der Waals surface area contributed by atoms with Gasteiger partial charge in [0, 0.05) is 17.5 Å². The SMILES string of the molecule is CCC[C@@H]1C(=NO)C[C@@H](c2ccccc2)[NH2+][C@H]1c1ccccc1. The number of nitrogens with zero attached hydrogens (tertiary/aromatic N) is 1. The van der Waals surface area contributed by atoms with Crippen LogP contribution < -0.4 is 5.32 Å². The van der Waals surface area contributed by atoms with Gasteiger partial charge >= 0.3 is 0 Å². The van der Waals surface area contributed by atoms with Crippen molar-refractivity contribution in [3.8, 4) is 0 Å². The summed E-state index contributed by atoms with van der Waals surface area (Å²) in [5.41, 5.74) is 3.55. The Kier molecular flexibility index (Phi) is 5.09. The third-order valence-electron chi connectivity index (χ3n) is 4.87. The zero-order chi connectivity index (χ0) is 16.1. The fourth-order valence-corrected chi connectivity index (χ4v) is 3.76. The van der Waals surface area contributed by atoms with Crippen LogP contribution in [0.2, 0.25) is 0 Å². The van der Waals surface area contributed by atoms with Gasteiger partial charge in [-0.15, -0.1) is 0 Å². The minimum Gasteiger partial charge on any atom is -0.411 e. The van der Waals surface area contributed by atoms with Crippen molar-refractivity contribution in [1.29, 1.82) is 0 Å². The topological polar surface area (TPSA) is 49.2 Å². The average Bonchev–Trinajstić information content (AvgIpc) is 2.63. The molecule has 2 aromatic carbocycles. The molecule has 3 nitrogen and oxygen atoms in total. The number of hydrogen-bond donors (Lipinski definition) is 2. The first-order valence-electron chi connectivity index (χ1n) is 8.49. The second-order valence-electron chi connectivity index (χ2n) is 6.34. The molecular formula is C20H25N2O+. The molecule has 0 bridgehead atoms. The molecule has 0 aromatic heterocycles. The maximum Gasteiger partial charge on any atom is 0.120 e. The maximum absolute atomic E-state index is 9.59. The quantitative estimate of drug-likeness (QED) is 0.657. The van der Waals surface area contributed by atoms with Gasteiger partial charge in [-0.1, -0.05) is 79.2 Å². The van der Waals surface area contributed by atoms with Gasteiger partial charge in [0.25, 0.3) is 0 Å². The average molecular weight is 309 g/mol. The number of hydrogen-bond acceptors (Lipinski definition) is 2. The van der Waals surface area contributed by atoms with E-state index in [-0.39, 0.29) is 0 Å². The molecule has 23 heavy (non-hydrogen) atoms. The Bertz CT molecular complexity index is 639. The zero-order valence-corrected chi connectivity index (χ0v) is 13.6. The van der Waals surface area contributed by atoms with Gasteiger partial charge in [-0.3, -0.25) is 0 Å². The second kappa shape index (κ2) is 7.42. The van der Waals surface area contributed by atoms with Crippen molar-refractivity contribution >= 4 is 5.71 Å². The summed E-state index contributed by atoms with van der Waals surface area (Å²) in [6.45, 7) is 2.19. The van der Waals surface area contributed by atoms with Gasteiger partial charge < -0.3 is 10.5 Å². The molecule has 0 saturated carbocycles. The molecule has 1 heterocycles. The molecule has 3 N–H and O–H groups in total. The Hall–Kier alpha value is -2.13. The Morgan fingerprint density at radius 1 is 1.00 bits per heavy atom. The number of piperidine rings is 1. The maximum atomic E-state index is 9.59. The summed E-state index contributed by atoms with van der Waals surface area (Å²) in [5, 5.41) is 15.7. The fourth-order valence-electron chi connectivity index (χ4n) is 3.76.